The van der Waals surface area contributed by atoms with Crippen molar-refractivity contribution in [1.29, 1.82) is 0 Å². The lowest BCUT2D eigenvalue weighted by molar-refractivity contribution is 0.0857. The minimum Gasteiger partial charge on any atom is -0.376 e. The van der Waals surface area contributed by atoms with Crippen LogP contribution in [0.5, 0.6) is 0 Å². The standard InChI is InChI=1S/C24H24FN3O3S/c1-16-14-28(24(32-16)27-23(30)20-9-2-3-10-21(20)25)15-17-6-4-7-18(12-17)22(29)26-13-19-8-5-11-31-19/h2-4,6-7,9-10,12,14,19H,5,8,11,13,15H2,1H3,(H,26,29)/t19-/m1/s1. The Morgan fingerprint density at radius 2 is 2.09 bits per heavy atom. The largest absolute Gasteiger partial charge is 0.376 e. The molecule has 3 aromatic rings. The molecule has 2 aromatic carbocycles. The van der Waals surface area contributed by atoms with Crippen LogP contribution < -0.4 is 10.1 Å². The molecule has 6 nitrogen and oxygen atoms in total. The maximum atomic E-state index is 13.9. The third-order valence-electron chi connectivity index (χ3n) is 5.19. The first kappa shape index (κ1) is 22.1. The number of aryl methyl sites for hydroxylation is 1. The Kier molecular flexibility index (Phi) is 6.92. The molecule has 4 rings (SSSR count). The quantitative estimate of drug-likeness (QED) is 0.619. The van der Waals surface area contributed by atoms with Crippen molar-refractivity contribution in [3.63, 3.8) is 0 Å². The molecule has 0 spiro atoms. The zero-order valence-electron chi connectivity index (χ0n) is 17.7. The van der Waals surface area contributed by atoms with Crippen LogP contribution in [0, 0.1) is 12.7 Å². The van der Waals surface area contributed by atoms with Crippen LogP contribution in [0.1, 0.15) is 44.0 Å². The number of carbonyl (C=O) groups excluding carboxylic acids is 2. The number of amides is 2. The number of thiazole rings is 1. The van der Waals surface area contributed by atoms with E-state index < -0.39 is 11.7 Å². The summed E-state index contributed by atoms with van der Waals surface area (Å²) in [6.45, 7) is 3.60. The molecule has 1 aliphatic rings. The second-order valence-corrected chi connectivity index (χ2v) is 8.91. The molecule has 2 heterocycles. The second-order valence-electron chi connectivity index (χ2n) is 7.69. The van der Waals surface area contributed by atoms with Crippen LogP contribution in [-0.2, 0) is 11.3 Å². The monoisotopic (exact) mass is 453 g/mol. The van der Waals surface area contributed by atoms with Gasteiger partial charge in [-0.3, -0.25) is 9.59 Å². The Hall–Kier alpha value is -3.10. The summed E-state index contributed by atoms with van der Waals surface area (Å²) in [7, 11) is 0. The highest BCUT2D eigenvalue weighted by atomic mass is 32.1. The molecular weight excluding hydrogens is 429 g/mol. The van der Waals surface area contributed by atoms with E-state index in [4.69, 9.17) is 4.74 Å². The highest BCUT2D eigenvalue weighted by Crippen LogP contribution is 2.13. The first-order valence-corrected chi connectivity index (χ1v) is 11.3. The molecule has 1 saturated heterocycles. The lowest BCUT2D eigenvalue weighted by atomic mass is 10.1. The number of nitrogens with one attached hydrogen (secondary N) is 1. The summed E-state index contributed by atoms with van der Waals surface area (Å²) in [5, 5.41) is 2.93. The predicted molar refractivity (Wildman–Crippen MR) is 120 cm³/mol. The first-order chi connectivity index (χ1) is 15.5. The fourth-order valence-corrected chi connectivity index (χ4v) is 4.44. The van der Waals surface area contributed by atoms with Crippen molar-refractivity contribution in [2.75, 3.05) is 13.2 Å². The smallest absolute Gasteiger partial charge is 0.282 e. The molecular formula is C24H24FN3O3S. The average molecular weight is 454 g/mol. The lowest BCUT2D eigenvalue weighted by Crippen LogP contribution is -2.31. The van der Waals surface area contributed by atoms with Crippen molar-refractivity contribution in [2.24, 2.45) is 4.99 Å². The van der Waals surface area contributed by atoms with E-state index >= 15 is 0 Å². The van der Waals surface area contributed by atoms with Crippen LogP contribution in [0.4, 0.5) is 4.39 Å². The summed E-state index contributed by atoms with van der Waals surface area (Å²) in [5.74, 6) is -1.36. The zero-order chi connectivity index (χ0) is 22.5. The van der Waals surface area contributed by atoms with E-state index in [0.29, 0.717) is 23.5 Å². The van der Waals surface area contributed by atoms with Gasteiger partial charge in [-0.1, -0.05) is 24.3 Å². The van der Waals surface area contributed by atoms with Gasteiger partial charge in [-0.25, -0.2) is 4.39 Å². The van der Waals surface area contributed by atoms with E-state index in [2.05, 4.69) is 10.3 Å². The van der Waals surface area contributed by atoms with Crippen LogP contribution in [0.25, 0.3) is 0 Å². The summed E-state index contributed by atoms with van der Waals surface area (Å²) >= 11 is 1.36. The van der Waals surface area contributed by atoms with Crippen LogP contribution in [0.15, 0.2) is 59.7 Å². The minimum absolute atomic E-state index is 0.0602. The number of carbonyl (C=O) groups is 2. The number of hydrogen-bond acceptors (Lipinski definition) is 4. The van der Waals surface area contributed by atoms with Gasteiger partial charge in [0.1, 0.15) is 5.82 Å². The molecule has 1 aliphatic heterocycles. The van der Waals surface area contributed by atoms with Crippen molar-refractivity contribution >= 4 is 23.2 Å². The van der Waals surface area contributed by atoms with E-state index in [1.165, 1.54) is 29.5 Å². The minimum atomic E-state index is -0.624. The number of ether oxygens (including phenoxy) is 1. The normalized spacial score (nSPS) is 16.3. The molecule has 166 valence electrons. The SMILES string of the molecule is Cc1cn(Cc2cccc(C(=O)NC[C@H]3CCCO3)c2)c(=NC(=O)c2ccccc2F)s1. The average Bonchev–Trinajstić information content (AvgIpc) is 3.42. The fraction of sp³-hybridized carbons (Fsp3) is 0.292. The number of benzene rings is 2. The van der Waals surface area contributed by atoms with Gasteiger partial charge in [-0.15, -0.1) is 11.3 Å². The Balaban J connectivity index is 1.51. The Morgan fingerprint density at radius 1 is 1.25 bits per heavy atom. The highest BCUT2D eigenvalue weighted by Gasteiger charge is 2.17. The predicted octanol–water partition coefficient (Wildman–Crippen LogP) is 3.70. The molecule has 1 aromatic heterocycles. The molecule has 32 heavy (non-hydrogen) atoms. The van der Waals surface area contributed by atoms with Crippen LogP contribution >= 0.6 is 11.3 Å². The van der Waals surface area contributed by atoms with E-state index in [1.54, 1.807) is 12.1 Å². The van der Waals surface area contributed by atoms with Gasteiger partial charge >= 0.3 is 0 Å². The second kappa shape index (κ2) is 10.0. The summed E-state index contributed by atoms with van der Waals surface area (Å²) in [4.78, 5) is 30.6. The van der Waals surface area contributed by atoms with Crippen molar-refractivity contribution in [3.8, 4) is 0 Å². The molecule has 1 atom stereocenters. The van der Waals surface area contributed by atoms with Crippen molar-refractivity contribution in [3.05, 3.63) is 86.9 Å². The highest BCUT2D eigenvalue weighted by molar-refractivity contribution is 7.09. The van der Waals surface area contributed by atoms with Crippen molar-refractivity contribution in [2.45, 2.75) is 32.4 Å². The topological polar surface area (TPSA) is 72.7 Å². The van der Waals surface area contributed by atoms with Gasteiger partial charge in [0.25, 0.3) is 11.8 Å². The number of halogens is 1. The Bertz CT molecular complexity index is 1190. The number of rotatable bonds is 6. The van der Waals surface area contributed by atoms with Crippen molar-refractivity contribution in [1.82, 2.24) is 9.88 Å². The summed E-state index contributed by atoms with van der Waals surface area (Å²) < 4.78 is 21.3. The van der Waals surface area contributed by atoms with Crippen LogP contribution in [-0.4, -0.2) is 35.6 Å². The van der Waals surface area contributed by atoms with Gasteiger partial charge in [0.05, 0.1) is 11.7 Å². The van der Waals surface area contributed by atoms with Gasteiger partial charge in [0.15, 0.2) is 4.80 Å². The molecule has 1 N–H and O–H groups in total. The number of aromatic nitrogens is 1. The molecule has 0 bridgehead atoms. The van der Waals surface area contributed by atoms with E-state index in [0.717, 1.165) is 29.9 Å². The Labute approximate surface area is 189 Å². The van der Waals surface area contributed by atoms with Crippen LogP contribution in [0.2, 0.25) is 0 Å². The van der Waals surface area contributed by atoms with Gasteiger partial charge in [0, 0.05) is 36.3 Å². The molecule has 8 heteroatoms. The van der Waals surface area contributed by atoms with Crippen LogP contribution in [0.3, 0.4) is 0 Å². The molecule has 0 aliphatic carbocycles. The molecule has 2 amide bonds. The number of nitrogens with zero attached hydrogens (tertiary/aromatic N) is 2. The zero-order valence-corrected chi connectivity index (χ0v) is 18.5. The van der Waals surface area contributed by atoms with Gasteiger partial charge in [-0.05, 0) is 49.6 Å². The van der Waals surface area contributed by atoms with Gasteiger partial charge < -0.3 is 14.6 Å². The summed E-state index contributed by atoms with van der Waals surface area (Å²) in [6.07, 6.45) is 3.97. The van der Waals surface area contributed by atoms with E-state index in [1.807, 2.05) is 35.9 Å². The van der Waals surface area contributed by atoms with E-state index in [-0.39, 0.29) is 17.6 Å². The lowest BCUT2D eigenvalue weighted by Gasteiger charge is -2.11. The third kappa shape index (κ3) is 5.38. The molecule has 0 radical (unpaired) electrons. The van der Waals surface area contributed by atoms with E-state index in [9.17, 15) is 14.0 Å². The maximum absolute atomic E-state index is 13.9. The first-order valence-electron chi connectivity index (χ1n) is 10.5. The maximum Gasteiger partial charge on any atom is 0.282 e. The fourth-order valence-electron chi connectivity index (χ4n) is 3.61. The summed E-state index contributed by atoms with van der Waals surface area (Å²) in [6, 6.07) is 13.1. The molecule has 0 saturated carbocycles. The third-order valence-corrected chi connectivity index (χ3v) is 6.13. The summed E-state index contributed by atoms with van der Waals surface area (Å²) in [5.41, 5.74) is 1.40. The number of hydrogen-bond donors (Lipinski definition) is 1. The molecule has 0 unspecified atom stereocenters. The van der Waals surface area contributed by atoms with Crippen molar-refractivity contribution < 1.29 is 18.7 Å². The molecule has 1 fully saturated rings. The van der Waals surface area contributed by atoms with Gasteiger partial charge in [-0.2, -0.15) is 4.99 Å². The Morgan fingerprint density at radius 3 is 2.88 bits per heavy atom. The van der Waals surface area contributed by atoms with Gasteiger partial charge in [0.2, 0.25) is 0 Å².